The molecule has 6 rings (SSSR count). The fourth-order valence-electron chi connectivity index (χ4n) is 5.86. The molecule has 0 spiro atoms. The molecule has 244 valence electrons. The predicted octanol–water partition coefficient (Wildman–Crippen LogP) is 14.3. The van der Waals surface area contributed by atoms with Gasteiger partial charge in [0.15, 0.2) is 0 Å². The summed E-state index contributed by atoms with van der Waals surface area (Å²) in [6, 6.07) is 36.2. The molecule has 0 aromatic heterocycles. The first-order valence-electron chi connectivity index (χ1n) is 16.3. The number of hydrogen-bond acceptors (Lipinski definition) is 0. The summed E-state index contributed by atoms with van der Waals surface area (Å²) in [6.45, 7) is 24.3. The van der Waals surface area contributed by atoms with Crippen molar-refractivity contribution >= 4 is 48.1 Å². The van der Waals surface area contributed by atoms with Crippen LogP contribution in [0.5, 0.6) is 0 Å². The Kier molecular flexibility index (Phi) is 15.0. The molecule has 0 N–H and O–H groups in total. The minimum absolute atomic E-state index is 0.204. The maximum absolute atomic E-state index is 4.93. The second-order valence-electron chi connectivity index (χ2n) is 13.8. The molecule has 0 amide bonds. The van der Waals surface area contributed by atoms with Gasteiger partial charge in [0.25, 0.3) is 0 Å². The van der Waals surface area contributed by atoms with Gasteiger partial charge in [-0.3, -0.25) is 0 Å². The summed E-state index contributed by atoms with van der Waals surface area (Å²) in [7, 11) is 11.0. The summed E-state index contributed by atoms with van der Waals surface area (Å²) in [5, 5.41) is 5.45. The van der Waals surface area contributed by atoms with Gasteiger partial charge in [-0.25, -0.2) is 0 Å². The standard InChI is InChI=1S/C22H25.C19H19.C2H6Si.2ClH.Zr/c1-15(2)18-13-17-7-6-8-20(21(17)14-18)16-9-11-19(12-10-16)22(3,4)5;1-12-5-6-15(4)17(9-12)19-11-14(3)8-16-7-13(2)10-18(16)19;1-3-2;;;/h6-15H,1-5H3;5-11H,1-4H3;1-2H3;2*1H;/q2*-1;;;;+4/p-2. The van der Waals surface area contributed by atoms with Crippen molar-refractivity contribution in [1.29, 1.82) is 0 Å². The number of benzene rings is 4. The zero-order valence-electron chi connectivity index (χ0n) is 30.1. The van der Waals surface area contributed by atoms with E-state index in [9.17, 15) is 0 Å². The average molecular weight is 757 g/mol. The first kappa shape index (κ1) is 39.2. The third kappa shape index (κ3) is 10.6. The normalized spacial score (nSPS) is 10.9. The molecule has 0 aliphatic rings. The Bertz CT molecular complexity index is 1860. The van der Waals surface area contributed by atoms with E-state index in [1.54, 1.807) is 0 Å². The number of halogens is 2. The van der Waals surface area contributed by atoms with Gasteiger partial charge in [-0.15, -0.1) is 63.0 Å². The molecule has 0 heterocycles. The topological polar surface area (TPSA) is 0 Å². The van der Waals surface area contributed by atoms with Gasteiger partial charge in [0, 0.05) is 9.52 Å². The maximum atomic E-state index is 4.93. The molecule has 0 fully saturated rings. The van der Waals surface area contributed by atoms with Crippen LogP contribution in [0.2, 0.25) is 13.1 Å². The van der Waals surface area contributed by atoms with Crippen molar-refractivity contribution in [3.63, 3.8) is 0 Å². The first-order valence-corrected chi connectivity index (χ1v) is 24.7. The fraction of sp³-hybridized carbons (Fsp3) is 0.302. The monoisotopic (exact) mass is 754 g/mol. The minimum atomic E-state index is -0.826. The molecule has 0 bridgehead atoms. The molecule has 0 saturated carbocycles. The van der Waals surface area contributed by atoms with Crippen LogP contribution in [0.4, 0.5) is 0 Å². The molecule has 2 radical (unpaired) electrons. The Balaban J connectivity index is 0.000000221. The molecule has 6 aromatic carbocycles. The molecule has 47 heavy (non-hydrogen) atoms. The molecule has 0 aliphatic carbocycles. The zero-order valence-corrected chi connectivity index (χ0v) is 35.0. The van der Waals surface area contributed by atoms with Crippen LogP contribution >= 0.6 is 17.0 Å². The van der Waals surface area contributed by atoms with E-state index in [0.717, 1.165) is 9.52 Å². The molecule has 0 atom stereocenters. The Morgan fingerprint density at radius 2 is 1.26 bits per heavy atom. The third-order valence-corrected chi connectivity index (χ3v) is 8.30. The van der Waals surface area contributed by atoms with E-state index >= 15 is 0 Å². The third-order valence-electron chi connectivity index (χ3n) is 8.30. The van der Waals surface area contributed by atoms with Gasteiger partial charge in [-0.1, -0.05) is 131 Å². The molecule has 4 heteroatoms. The molecule has 6 aromatic rings. The summed E-state index contributed by atoms with van der Waals surface area (Å²) in [6.07, 6.45) is 0. The van der Waals surface area contributed by atoms with E-state index in [0.29, 0.717) is 5.92 Å². The second-order valence-corrected chi connectivity index (χ2v) is 18.5. The van der Waals surface area contributed by atoms with Crippen LogP contribution in [0.15, 0.2) is 97.1 Å². The van der Waals surface area contributed by atoms with Gasteiger partial charge in [0.05, 0.1) is 0 Å². The van der Waals surface area contributed by atoms with Crippen LogP contribution in [-0.2, 0) is 26.3 Å². The quantitative estimate of drug-likeness (QED) is 0.125. The molecule has 0 saturated heterocycles. The number of fused-ring (bicyclic) bond motifs is 2. The first-order chi connectivity index (χ1) is 22.2. The van der Waals surface area contributed by atoms with Gasteiger partial charge in [-0.05, 0) is 54.4 Å². The van der Waals surface area contributed by atoms with E-state index in [4.69, 9.17) is 17.0 Å². The van der Waals surface area contributed by atoms with Gasteiger partial charge in [0.1, 0.15) is 0 Å². The van der Waals surface area contributed by atoms with E-state index in [1.165, 1.54) is 77.2 Å². The predicted molar refractivity (Wildman–Crippen MR) is 211 cm³/mol. The van der Waals surface area contributed by atoms with Crippen molar-refractivity contribution in [2.24, 2.45) is 0 Å². The van der Waals surface area contributed by atoms with E-state index in [-0.39, 0.29) is 5.41 Å². The summed E-state index contributed by atoms with van der Waals surface area (Å²) >= 11 is -0.826. The van der Waals surface area contributed by atoms with Gasteiger partial charge < -0.3 is 0 Å². The average Bonchev–Trinajstić information content (AvgIpc) is 3.62. The van der Waals surface area contributed by atoms with E-state index < -0.39 is 20.8 Å². The number of aryl methyl sites for hydroxylation is 4. The van der Waals surface area contributed by atoms with Crippen LogP contribution in [0.1, 0.15) is 73.9 Å². The number of hydrogen-bond donors (Lipinski definition) is 0. The van der Waals surface area contributed by atoms with E-state index in [2.05, 4.69) is 172 Å². The summed E-state index contributed by atoms with van der Waals surface area (Å²) in [5.74, 6) is 0.573. The van der Waals surface area contributed by atoms with Crippen molar-refractivity contribution in [1.82, 2.24) is 0 Å². The summed E-state index contributed by atoms with van der Waals surface area (Å²) in [4.78, 5) is 0. The van der Waals surface area contributed by atoms with Crippen molar-refractivity contribution in [2.45, 2.75) is 86.7 Å². The summed E-state index contributed by atoms with van der Waals surface area (Å²) < 4.78 is 0. The molecule has 0 unspecified atom stereocenters. The Labute approximate surface area is 306 Å². The van der Waals surface area contributed by atoms with Gasteiger partial charge in [0.2, 0.25) is 0 Å². The molecule has 0 aliphatic heterocycles. The molecular weight excluding hydrogens is 707 g/mol. The van der Waals surface area contributed by atoms with Crippen molar-refractivity contribution < 1.29 is 20.8 Å². The number of rotatable bonds is 3. The van der Waals surface area contributed by atoms with Gasteiger partial charge in [-0.2, -0.15) is 12.1 Å². The van der Waals surface area contributed by atoms with Gasteiger partial charge >= 0.3 is 37.9 Å². The molecular formula is C43H50Cl2SiZr. The van der Waals surface area contributed by atoms with Crippen LogP contribution in [0.3, 0.4) is 0 Å². The van der Waals surface area contributed by atoms with Crippen molar-refractivity contribution in [3.05, 3.63) is 130 Å². The fourth-order valence-corrected chi connectivity index (χ4v) is 5.86. The summed E-state index contributed by atoms with van der Waals surface area (Å²) in [5.41, 5.74) is 13.7. The zero-order chi connectivity index (χ0) is 34.9. The van der Waals surface area contributed by atoms with Crippen LogP contribution < -0.4 is 0 Å². The van der Waals surface area contributed by atoms with Crippen LogP contribution in [-0.4, -0.2) is 9.52 Å². The Morgan fingerprint density at radius 3 is 1.85 bits per heavy atom. The molecule has 0 nitrogen and oxygen atoms in total. The Morgan fingerprint density at radius 1 is 0.660 bits per heavy atom. The van der Waals surface area contributed by atoms with Crippen LogP contribution in [0, 0.1) is 27.7 Å². The van der Waals surface area contributed by atoms with E-state index in [1.807, 2.05) is 0 Å². The van der Waals surface area contributed by atoms with Crippen LogP contribution in [0.25, 0.3) is 43.8 Å². The second kappa shape index (κ2) is 18.0. The SMILES string of the molecule is CC(C)c1cc2c(-c3ccc(C(C)(C)C)cc3)cccc2[cH-]1.C[Si]C.Cc1ccc(C)c(-c2cc(C)cc3[cH-]c(C)cc23)c1.[Cl][Zr+2][Cl]. The van der Waals surface area contributed by atoms with Crippen molar-refractivity contribution in [3.8, 4) is 22.3 Å². The van der Waals surface area contributed by atoms with Crippen molar-refractivity contribution in [2.75, 3.05) is 0 Å². The Hall–Kier alpha value is -2.22.